The molecule has 0 spiro atoms. The van der Waals surface area contributed by atoms with E-state index in [1.54, 1.807) is 18.6 Å². The molecule has 3 aliphatic heterocycles. The normalized spacial score (nSPS) is 25.1. The molecular formula is C13H10ClN6O+. The third-order valence-corrected chi connectivity index (χ3v) is 3.67. The van der Waals surface area contributed by atoms with Gasteiger partial charge in [-0.3, -0.25) is 9.79 Å². The van der Waals surface area contributed by atoms with E-state index in [1.807, 2.05) is 18.2 Å². The van der Waals surface area contributed by atoms with Gasteiger partial charge in [0.15, 0.2) is 6.20 Å². The van der Waals surface area contributed by atoms with Gasteiger partial charge in [-0.2, -0.15) is 0 Å². The number of hydrogen-bond donors (Lipinski definition) is 2. The number of anilines is 2. The van der Waals surface area contributed by atoms with Gasteiger partial charge in [0, 0.05) is 11.4 Å². The number of amidine groups is 1. The van der Waals surface area contributed by atoms with E-state index in [0.717, 1.165) is 16.9 Å². The summed E-state index contributed by atoms with van der Waals surface area (Å²) in [6, 6.07) is 5.60. The number of halogens is 1. The lowest BCUT2D eigenvalue weighted by molar-refractivity contribution is -0.659. The van der Waals surface area contributed by atoms with Crippen molar-refractivity contribution >= 4 is 47.1 Å². The van der Waals surface area contributed by atoms with Gasteiger partial charge in [-0.15, -0.1) is 4.99 Å². The smallest absolute Gasteiger partial charge is 0.300 e. The summed E-state index contributed by atoms with van der Waals surface area (Å²) < 4.78 is -0.267. The second-order valence-corrected chi connectivity index (χ2v) is 5.31. The van der Waals surface area contributed by atoms with Crippen molar-refractivity contribution in [2.24, 2.45) is 15.1 Å². The SMILES string of the molecule is O=C1Cc2cc(NC3=N[N+]4(Cl)C=CN=CC4=N3)ccc2N1. The van der Waals surface area contributed by atoms with Crippen molar-refractivity contribution in [3.8, 4) is 0 Å². The Balaban J connectivity index is 1.61. The van der Waals surface area contributed by atoms with Crippen LogP contribution in [0.2, 0.25) is 0 Å². The predicted octanol–water partition coefficient (Wildman–Crippen LogP) is 1.80. The van der Waals surface area contributed by atoms with Gasteiger partial charge in [0.05, 0.1) is 12.6 Å². The zero-order valence-corrected chi connectivity index (χ0v) is 11.5. The number of hydrogen-bond acceptors (Lipinski definition) is 5. The number of nitrogens with zero attached hydrogens (tertiary/aromatic N) is 4. The third kappa shape index (κ3) is 2.03. The van der Waals surface area contributed by atoms with E-state index in [0.29, 0.717) is 18.2 Å². The predicted molar refractivity (Wildman–Crippen MR) is 81.0 cm³/mol. The average Bonchev–Trinajstić information content (AvgIpc) is 2.96. The summed E-state index contributed by atoms with van der Waals surface area (Å²) in [7, 11) is 0. The Morgan fingerprint density at radius 1 is 1.38 bits per heavy atom. The number of amides is 1. The van der Waals surface area contributed by atoms with Crippen LogP contribution in [-0.2, 0) is 11.2 Å². The van der Waals surface area contributed by atoms with Gasteiger partial charge in [0.2, 0.25) is 17.7 Å². The van der Waals surface area contributed by atoms with Crippen LogP contribution < -0.4 is 10.6 Å². The lowest BCUT2D eigenvalue weighted by atomic mass is 10.1. The van der Waals surface area contributed by atoms with Gasteiger partial charge < -0.3 is 10.6 Å². The van der Waals surface area contributed by atoms with Crippen molar-refractivity contribution in [3.63, 3.8) is 0 Å². The first-order chi connectivity index (χ1) is 10.1. The monoisotopic (exact) mass is 301 g/mol. The summed E-state index contributed by atoms with van der Waals surface area (Å²) in [6.07, 6.45) is 5.15. The van der Waals surface area contributed by atoms with Crippen LogP contribution in [0.1, 0.15) is 5.56 Å². The summed E-state index contributed by atoms with van der Waals surface area (Å²) in [5.41, 5.74) is 2.60. The average molecular weight is 302 g/mol. The van der Waals surface area contributed by atoms with Crippen molar-refractivity contribution in [2.75, 3.05) is 10.6 Å². The molecule has 1 atom stereocenters. The molecule has 1 aromatic rings. The molecular weight excluding hydrogens is 292 g/mol. The Kier molecular flexibility index (Phi) is 2.47. The van der Waals surface area contributed by atoms with E-state index in [2.05, 4.69) is 25.7 Å². The minimum absolute atomic E-state index is 0.00402. The number of quaternary nitrogens is 1. The Hall–Kier alpha value is -2.51. The molecule has 0 saturated heterocycles. The highest BCUT2D eigenvalue weighted by Gasteiger charge is 2.39. The Morgan fingerprint density at radius 3 is 3.14 bits per heavy atom. The van der Waals surface area contributed by atoms with Crippen molar-refractivity contribution in [2.45, 2.75) is 6.42 Å². The maximum atomic E-state index is 11.3. The van der Waals surface area contributed by atoms with Gasteiger partial charge in [0.1, 0.15) is 6.21 Å². The van der Waals surface area contributed by atoms with E-state index < -0.39 is 0 Å². The minimum atomic E-state index is -0.267. The van der Waals surface area contributed by atoms with Crippen molar-refractivity contribution < 1.29 is 8.91 Å². The van der Waals surface area contributed by atoms with Crippen molar-refractivity contribution in [3.05, 3.63) is 36.2 Å². The fraction of sp³-hybridized carbons (Fsp3) is 0.0769. The highest BCUT2D eigenvalue weighted by Crippen LogP contribution is 2.28. The molecule has 4 rings (SSSR count). The molecule has 8 heteroatoms. The highest BCUT2D eigenvalue weighted by atomic mass is 35.5. The maximum absolute atomic E-state index is 11.3. The standard InChI is InChI=1S/C13H9ClN6O/c14-20-4-3-15-7-11(20)18-13(19-20)16-9-1-2-10-8(5-9)6-12(21)17-10/h1-5,7H,6H2,(H-,15,16,17,18,19,21)/p+1. The molecule has 7 nitrogen and oxygen atoms in total. The minimum Gasteiger partial charge on any atom is -0.326 e. The van der Waals surface area contributed by atoms with E-state index in [9.17, 15) is 4.79 Å². The molecule has 21 heavy (non-hydrogen) atoms. The summed E-state index contributed by atoms with van der Waals surface area (Å²) in [6.45, 7) is 0. The van der Waals surface area contributed by atoms with Crippen LogP contribution in [0.3, 0.4) is 0 Å². The van der Waals surface area contributed by atoms with Crippen LogP contribution in [0.15, 0.2) is 45.7 Å². The molecule has 0 aliphatic carbocycles. The van der Waals surface area contributed by atoms with Crippen LogP contribution in [0.5, 0.6) is 0 Å². The number of nitrogens with one attached hydrogen (secondary N) is 2. The number of benzene rings is 1. The molecule has 104 valence electrons. The molecule has 1 unspecified atom stereocenters. The van der Waals surface area contributed by atoms with Crippen LogP contribution in [-0.4, -0.2) is 28.0 Å². The van der Waals surface area contributed by atoms with Crippen molar-refractivity contribution in [1.29, 1.82) is 0 Å². The lowest BCUT2D eigenvalue weighted by Crippen LogP contribution is -2.33. The number of carbonyl (C=O) groups is 1. The number of carbonyl (C=O) groups excluding carboxylic acids is 1. The summed E-state index contributed by atoms with van der Waals surface area (Å²) in [5.74, 6) is 0.930. The fourth-order valence-electron chi connectivity index (χ4n) is 2.34. The van der Waals surface area contributed by atoms with Gasteiger partial charge in [0.25, 0.3) is 11.8 Å². The van der Waals surface area contributed by atoms with Crippen molar-refractivity contribution in [1.82, 2.24) is 0 Å². The summed E-state index contributed by atoms with van der Waals surface area (Å²) >= 11 is 6.29. The molecule has 0 saturated carbocycles. The zero-order valence-electron chi connectivity index (χ0n) is 10.7. The van der Waals surface area contributed by atoms with E-state index in [1.165, 1.54) is 0 Å². The van der Waals surface area contributed by atoms with Crippen LogP contribution >= 0.6 is 11.8 Å². The quantitative estimate of drug-likeness (QED) is 0.776. The molecule has 3 heterocycles. The first kappa shape index (κ1) is 12.2. The zero-order chi connectivity index (χ0) is 14.4. The second kappa shape index (κ2) is 4.24. The van der Waals surface area contributed by atoms with Gasteiger partial charge in [-0.25, -0.2) is 0 Å². The Labute approximate surface area is 125 Å². The van der Waals surface area contributed by atoms with E-state index in [4.69, 9.17) is 11.8 Å². The van der Waals surface area contributed by atoms with E-state index >= 15 is 0 Å². The maximum Gasteiger partial charge on any atom is 0.300 e. The largest absolute Gasteiger partial charge is 0.326 e. The molecule has 2 N–H and O–H groups in total. The lowest BCUT2D eigenvalue weighted by Gasteiger charge is -2.12. The number of aliphatic imine (C=N–C) groups is 2. The van der Waals surface area contributed by atoms with Gasteiger partial charge in [-0.1, -0.05) is 0 Å². The topological polar surface area (TPSA) is 78.2 Å². The second-order valence-electron chi connectivity index (χ2n) is 4.79. The fourth-order valence-corrected chi connectivity index (χ4v) is 2.54. The van der Waals surface area contributed by atoms with Gasteiger partial charge >= 0.3 is 0 Å². The number of guanidine groups is 1. The molecule has 0 aromatic heterocycles. The third-order valence-electron chi connectivity index (χ3n) is 3.31. The molecule has 1 amide bonds. The highest BCUT2D eigenvalue weighted by molar-refractivity contribution is 6.36. The molecule has 0 fully saturated rings. The molecule has 3 aliphatic rings. The Morgan fingerprint density at radius 2 is 2.29 bits per heavy atom. The first-order valence-electron chi connectivity index (χ1n) is 6.31. The molecule has 1 aromatic carbocycles. The Bertz CT molecular complexity index is 781. The molecule has 0 radical (unpaired) electrons. The van der Waals surface area contributed by atoms with Crippen LogP contribution in [0.25, 0.3) is 0 Å². The first-order valence-corrected chi connectivity index (χ1v) is 6.65. The van der Waals surface area contributed by atoms with Gasteiger partial charge in [-0.05, 0) is 33.0 Å². The van der Waals surface area contributed by atoms with Crippen LogP contribution in [0.4, 0.5) is 11.4 Å². The number of rotatable bonds is 1. The van der Waals surface area contributed by atoms with Crippen LogP contribution in [0, 0.1) is 0 Å². The number of fused-ring (bicyclic) bond motifs is 2. The summed E-state index contributed by atoms with van der Waals surface area (Å²) in [5, 5.41) is 10.2. The molecule has 0 bridgehead atoms. The summed E-state index contributed by atoms with van der Waals surface area (Å²) in [4.78, 5) is 19.6. The van der Waals surface area contributed by atoms with E-state index in [-0.39, 0.29) is 10.0 Å².